The lowest BCUT2D eigenvalue weighted by Crippen LogP contribution is -2.55. The summed E-state index contributed by atoms with van der Waals surface area (Å²) in [6, 6.07) is 0. The number of carbonyl (C=O) groups is 1. The van der Waals surface area contributed by atoms with Crippen molar-refractivity contribution >= 4 is 5.97 Å². The Morgan fingerprint density at radius 3 is 2.86 bits per heavy atom. The van der Waals surface area contributed by atoms with E-state index in [2.05, 4.69) is 19.2 Å². The van der Waals surface area contributed by atoms with Crippen LogP contribution >= 0.6 is 0 Å². The molecule has 0 aliphatic carbocycles. The summed E-state index contributed by atoms with van der Waals surface area (Å²) in [5.74, 6) is -0.420. The lowest BCUT2D eigenvalue weighted by Gasteiger charge is -2.41. The van der Waals surface area contributed by atoms with Crippen molar-refractivity contribution in [3.05, 3.63) is 0 Å². The summed E-state index contributed by atoms with van der Waals surface area (Å²) in [6.07, 6.45) is -0.122. The first-order valence-electron chi connectivity index (χ1n) is 5.04. The standard InChI is InChI=1S/C10H19NO3/c1-7(2)10(3)6-11-5-8(14-10)4-9(12)13/h7-8,11H,4-6H2,1-3H3,(H,12,13). The Kier molecular flexibility index (Phi) is 3.50. The molecule has 4 nitrogen and oxygen atoms in total. The number of hydrogen-bond donors (Lipinski definition) is 2. The van der Waals surface area contributed by atoms with Crippen molar-refractivity contribution in [2.24, 2.45) is 5.92 Å². The van der Waals surface area contributed by atoms with Gasteiger partial charge in [-0.3, -0.25) is 4.79 Å². The number of carboxylic acids is 1. The van der Waals surface area contributed by atoms with Crippen LogP contribution in [0.5, 0.6) is 0 Å². The predicted octanol–water partition coefficient (Wildman–Crippen LogP) is 0.864. The van der Waals surface area contributed by atoms with Gasteiger partial charge in [-0.2, -0.15) is 0 Å². The van der Waals surface area contributed by atoms with Crippen molar-refractivity contribution in [1.82, 2.24) is 5.32 Å². The van der Waals surface area contributed by atoms with E-state index in [1.807, 2.05) is 6.92 Å². The fourth-order valence-corrected chi connectivity index (χ4v) is 1.59. The first-order valence-corrected chi connectivity index (χ1v) is 5.04. The highest BCUT2D eigenvalue weighted by atomic mass is 16.5. The molecule has 0 bridgehead atoms. The van der Waals surface area contributed by atoms with Crippen LogP contribution in [-0.4, -0.2) is 35.9 Å². The highest BCUT2D eigenvalue weighted by Crippen LogP contribution is 2.25. The van der Waals surface area contributed by atoms with E-state index < -0.39 is 5.97 Å². The molecule has 1 saturated heterocycles. The number of ether oxygens (including phenoxy) is 1. The second kappa shape index (κ2) is 4.28. The van der Waals surface area contributed by atoms with Crippen molar-refractivity contribution in [2.75, 3.05) is 13.1 Å². The van der Waals surface area contributed by atoms with Crippen LogP contribution in [0.15, 0.2) is 0 Å². The Labute approximate surface area is 84.6 Å². The molecule has 1 fully saturated rings. The molecule has 82 valence electrons. The molecule has 2 N–H and O–H groups in total. The molecule has 2 unspecified atom stereocenters. The quantitative estimate of drug-likeness (QED) is 0.711. The number of rotatable bonds is 3. The first-order chi connectivity index (χ1) is 6.44. The Balaban J connectivity index is 2.55. The SMILES string of the molecule is CC(C)C1(C)CNCC(CC(=O)O)O1. The van der Waals surface area contributed by atoms with Crippen LogP contribution < -0.4 is 5.32 Å². The number of nitrogens with one attached hydrogen (secondary N) is 1. The summed E-state index contributed by atoms with van der Waals surface area (Å²) >= 11 is 0. The van der Waals surface area contributed by atoms with E-state index >= 15 is 0 Å². The minimum atomic E-state index is -0.801. The number of hydrogen-bond acceptors (Lipinski definition) is 3. The average Bonchev–Trinajstić information content (AvgIpc) is 2.02. The van der Waals surface area contributed by atoms with E-state index in [1.165, 1.54) is 0 Å². The maximum atomic E-state index is 10.5. The molecular weight excluding hydrogens is 182 g/mol. The minimum Gasteiger partial charge on any atom is -0.481 e. The van der Waals surface area contributed by atoms with Gasteiger partial charge in [-0.15, -0.1) is 0 Å². The predicted molar refractivity (Wildman–Crippen MR) is 53.2 cm³/mol. The van der Waals surface area contributed by atoms with Crippen LogP contribution in [0.25, 0.3) is 0 Å². The Hall–Kier alpha value is -0.610. The van der Waals surface area contributed by atoms with Gasteiger partial charge in [0.25, 0.3) is 0 Å². The summed E-state index contributed by atoms with van der Waals surface area (Å²) in [4.78, 5) is 10.5. The van der Waals surface area contributed by atoms with E-state index in [9.17, 15) is 4.79 Å². The molecule has 1 aliphatic rings. The number of morpholine rings is 1. The maximum Gasteiger partial charge on any atom is 0.306 e. The van der Waals surface area contributed by atoms with Crippen molar-refractivity contribution in [1.29, 1.82) is 0 Å². The molecule has 0 radical (unpaired) electrons. The molecule has 0 amide bonds. The normalized spacial score (nSPS) is 33.3. The Bertz CT molecular complexity index is 217. The molecule has 0 saturated carbocycles. The third-order valence-corrected chi connectivity index (χ3v) is 2.91. The van der Waals surface area contributed by atoms with Crippen LogP contribution in [0.2, 0.25) is 0 Å². The molecule has 0 aromatic heterocycles. The van der Waals surface area contributed by atoms with Crippen LogP contribution in [0.4, 0.5) is 0 Å². The van der Waals surface area contributed by atoms with Gasteiger partial charge in [0.1, 0.15) is 0 Å². The fraction of sp³-hybridized carbons (Fsp3) is 0.900. The zero-order valence-corrected chi connectivity index (χ0v) is 9.04. The van der Waals surface area contributed by atoms with Crippen molar-refractivity contribution in [3.8, 4) is 0 Å². The smallest absolute Gasteiger partial charge is 0.306 e. The van der Waals surface area contributed by atoms with Gasteiger partial charge in [-0.25, -0.2) is 0 Å². The Morgan fingerprint density at radius 1 is 1.71 bits per heavy atom. The topological polar surface area (TPSA) is 58.6 Å². The molecule has 0 aromatic carbocycles. The number of carboxylic acid groups (broad SMARTS) is 1. The zero-order valence-electron chi connectivity index (χ0n) is 9.04. The molecule has 1 heterocycles. The highest BCUT2D eigenvalue weighted by Gasteiger charge is 2.36. The van der Waals surface area contributed by atoms with Gasteiger partial charge in [0.15, 0.2) is 0 Å². The minimum absolute atomic E-state index is 0.0787. The van der Waals surface area contributed by atoms with Crippen LogP contribution in [0, 0.1) is 5.92 Å². The van der Waals surface area contributed by atoms with Gasteiger partial charge in [0.05, 0.1) is 18.1 Å². The second-order valence-corrected chi connectivity index (χ2v) is 4.44. The van der Waals surface area contributed by atoms with E-state index in [-0.39, 0.29) is 18.1 Å². The van der Waals surface area contributed by atoms with Gasteiger partial charge < -0.3 is 15.2 Å². The van der Waals surface area contributed by atoms with Crippen molar-refractivity contribution < 1.29 is 14.6 Å². The van der Waals surface area contributed by atoms with E-state index in [4.69, 9.17) is 9.84 Å². The van der Waals surface area contributed by atoms with Gasteiger partial charge in [0.2, 0.25) is 0 Å². The molecule has 1 aliphatic heterocycles. The first kappa shape index (κ1) is 11.5. The summed E-state index contributed by atoms with van der Waals surface area (Å²) in [6.45, 7) is 7.63. The van der Waals surface area contributed by atoms with Gasteiger partial charge in [-0.1, -0.05) is 13.8 Å². The van der Waals surface area contributed by atoms with E-state index in [0.717, 1.165) is 6.54 Å². The third-order valence-electron chi connectivity index (χ3n) is 2.91. The maximum absolute atomic E-state index is 10.5. The summed E-state index contributed by atoms with van der Waals surface area (Å²) < 4.78 is 5.80. The second-order valence-electron chi connectivity index (χ2n) is 4.44. The van der Waals surface area contributed by atoms with Gasteiger partial charge in [0, 0.05) is 13.1 Å². The average molecular weight is 201 g/mol. The molecule has 14 heavy (non-hydrogen) atoms. The molecule has 0 spiro atoms. The monoisotopic (exact) mass is 201 g/mol. The van der Waals surface area contributed by atoms with Gasteiger partial charge in [-0.05, 0) is 12.8 Å². The summed E-state index contributed by atoms with van der Waals surface area (Å²) in [5.41, 5.74) is -0.238. The molecule has 0 aromatic rings. The molecule has 2 atom stereocenters. The highest BCUT2D eigenvalue weighted by molar-refractivity contribution is 5.67. The molecule has 1 rings (SSSR count). The van der Waals surface area contributed by atoms with Gasteiger partial charge >= 0.3 is 5.97 Å². The lowest BCUT2D eigenvalue weighted by atomic mass is 9.90. The van der Waals surface area contributed by atoms with Crippen molar-refractivity contribution in [2.45, 2.75) is 38.9 Å². The van der Waals surface area contributed by atoms with E-state index in [1.54, 1.807) is 0 Å². The number of aliphatic carboxylic acids is 1. The summed E-state index contributed by atoms with van der Waals surface area (Å²) in [7, 11) is 0. The zero-order chi connectivity index (χ0) is 10.8. The molecular formula is C10H19NO3. The van der Waals surface area contributed by atoms with E-state index in [0.29, 0.717) is 12.5 Å². The molecule has 4 heteroatoms. The van der Waals surface area contributed by atoms with Crippen molar-refractivity contribution in [3.63, 3.8) is 0 Å². The summed E-state index contributed by atoms with van der Waals surface area (Å²) in [5, 5.41) is 11.9. The third kappa shape index (κ3) is 2.69. The van der Waals surface area contributed by atoms with Crippen LogP contribution in [0.1, 0.15) is 27.2 Å². The fourth-order valence-electron chi connectivity index (χ4n) is 1.59. The largest absolute Gasteiger partial charge is 0.481 e. The Morgan fingerprint density at radius 2 is 2.36 bits per heavy atom. The lowest BCUT2D eigenvalue weighted by molar-refractivity contribution is -0.154. The van der Waals surface area contributed by atoms with Crippen LogP contribution in [0.3, 0.4) is 0 Å². The van der Waals surface area contributed by atoms with Crippen LogP contribution in [-0.2, 0) is 9.53 Å².